The van der Waals surface area contributed by atoms with Crippen LogP contribution >= 0.6 is 0 Å². The van der Waals surface area contributed by atoms with E-state index in [1.54, 1.807) is 0 Å². The van der Waals surface area contributed by atoms with Crippen LogP contribution in [0.3, 0.4) is 0 Å². The quantitative estimate of drug-likeness (QED) is 0.806. The second-order valence-electron chi connectivity index (χ2n) is 4.90. The number of fused-ring (bicyclic) bond motifs is 1. The van der Waals surface area contributed by atoms with Crippen molar-refractivity contribution in [1.29, 1.82) is 0 Å². The number of ether oxygens (including phenoxy) is 3. The second-order valence-corrected chi connectivity index (χ2v) is 4.90. The molecule has 2 aliphatic heterocycles. The molecule has 17 heavy (non-hydrogen) atoms. The monoisotopic (exact) mass is 235 g/mol. The maximum absolute atomic E-state index is 5.92. The first-order valence-corrected chi connectivity index (χ1v) is 5.96. The van der Waals surface area contributed by atoms with Crippen LogP contribution in [0.5, 0.6) is 11.5 Å². The lowest BCUT2D eigenvalue weighted by Gasteiger charge is -2.21. The molecule has 1 aromatic carbocycles. The molecule has 0 radical (unpaired) electrons. The minimum Gasteiger partial charge on any atom is -0.486 e. The molecule has 0 aliphatic carbocycles. The molecule has 3 rings (SSSR count). The predicted octanol–water partition coefficient (Wildman–Crippen LogP) is 1.85. The number of benzene rings is 1. The molecule has 1 aromatic rings. The standard InChI is InChI=1S/C13H17NO3/c1-13(2)14-8-12(17-13)9-3-4-10-11(7-9)16-6-5-15-10/h3-4,7,12,14H,5-6,8H2,1-2H3. The number of hydrogen-bond donors (Lipinski definition) is 1. The molecule has 0 saturated carbocycles. The maximum Gasteiger partial charge on any atom is 0.161 e. The molecule has 2 heterocycles. The minimum absolute atomic E-state index is 0.0841. The van der Waals surface area contributed by atoms with Crippen molar-refractivity contribution in [2.45, 2.75) is 25.7 Å². The number of nitrogens with one attached hydrogen (secondary N) is 1. The Labute approximate surface area is 101 Å². The van der Waals surface area contributed by atoms with Crippen molar-refractivity contribution in [2.75, 3.05) is 19.8 Å². The van der Waals surface area contributed by atoms with E-state index in [0.29, 0.717) is 13.2 Å². The van der Waals surface area contributed by atoms with Crippen molar-refractivity contribution < 1.29 is 14.2 Å². The lowest BCUT2D eigenvalue weighted by molar-refractivity contribution is -0.0242. The van der Waals surface area contributed by atoms with Crippen molar-refractivity contribution in [3.05, 3.63) is 23.8 Å². The zero-order valence-corrected chi connectivity index (χ0v) is 10.2. The fourth-order valence-corrected chi connectivity index (χ4v) is 2.22. The van der Waals surface area contributed by atoms with Gasteiger partial charge in [-0.2, -0.15) is 0 Å². The van der Waals surface area contributed by atoms with Crippen LogP contribution in [-0.2, 0) is 4.74 Å². The third-order valence-electron chi connectivity index (χ3n) is 3.09. The van der Waals surface area contributed by atoms with E-state index in [-0.39, 0.29) is 11.8 Å². The van der Waals surface area contributed by atoms with E-state index in [0.717, 1.165) is 23.6 Å². The largest absolute Gasteiger partial charge is 0.486 e. The van der Waals surface area contributed by atoms with Gasteiger partial charge in [0.15, 0.2) is 11.5 Å². The normalized spacial score (nSPS) is 25.9. The van der Waals surface area contributed by atoms with E-state index >= 15 is 0 Å². The summed E-state index contributed by atoms with van der Waals surface area (Å²) < 4.78 is 17.0. The van der Waals surface area contributed by atoms with E-state index in [4.69, 9.17) is 14.2 Å². The first kappa shape index (κ1) is 10.9. The molecule has 2 aliphatic rings. The molecule has 4 heteroatoms. The van der Waals surface area contributed by atoms with Crippen LogP contribution in [0.25, 0.3) is 0 Å². The third kappa shape index (κ3) is 2.10. The van der Waals surface area contributed by atoms with Crippen molar-refractivity contribution in [3.63, 3.8) is 0 Å². The summed E-state index contributed by atoms with van der Waals surface area (Å²) in [5.41, 5.74) is 0.880. The van der Waals surface area contributed by atoms with Crippen molar-refractivity contribution in [1.82, 2.24) is 5.32 Å². The van der Waals surface area contributed by atoms with Crippen LogP contribution in [0.2, 0.25) is 0 Å². The molecule has 1 N–H and O–H groups in total. The van der Waals surface area contributed by atoms with E-state index in [2.05, 4.69) is 5.32 Å². The summed E-state index contributed by atoms with van der Waals surface area (Å²) in [6.45, 7) is 6.13. The average molecular weight is 235 g/mol. The Morgan fingerprint density at radius 2 is 1.94 bits per heavy atom. The van der Waals surface area contributed by atoms with Crippen LogP contribution < -0.4 is 14.8 Å². The predicted molar refractivity (Wildman–Crippen MR) is 63.3 cm³/mol. The minimum atomic E-state index is -0.252. The highest BCUT2D eigenvalue weighted by molar-refractivity contribution is 5.44. The molecule has 0 aromatic heterocycles. The van der Waals surface area contributed by atoms with Crippen LogP contribution in [0.1, 0.15) is 25.5 Å². The summed E-state index contributed by atoms with van der Waals surface area (Å²) in [4.78, 5) is 0. The van der Waals surface area contributed by atoms with Crippen LogP contribution in [0.4, 0.5) is 0 Å². The lowest BCUT2D eigenvalue weighted by Crippen LogP contribution is -2.33. The first-order chi connectivity index (χ1) is 8.14. The van der Waals surface area contributed by atoms with Gasteiger partial charge in [0.2, 0.25) is 0 Å². The van der Waals surface area contributed by atoms with Gasteiger partial charge in [0.05, 0.1) is 6.10 Å². The molecule has 92 valence electrons. The Morgan fingerprint density at radius 1 is 1.18 bits per heavy atom. The molecule has 0 bridgehead atoms. The fourth-order valence-electron chi connectivity index (χ4n) is 2.22. The van der Waals surface area contributed by atoms with Gasteiger partial charge in [-0.15, -0.1) is 0 Å². The highest BCUT2D eigenvalue weighted by Gasteiger charge is 2.32. The highest BCUT2D eigenvalue weighted by atomic mass is 16.6. The van der Waals surface area contributed by atoms with Gasteiger partial charge >= 0.3 is 0 Å². The highest BCUT2D eigenvalue weighted by Crippen LogP contribution is 2.35. The number of rotatable bonds is 1. The number of hydrogen-bond acceptors (Lipinski definition) is 4. The van der Waals surface area contributed by atoms with Gasteiger partial charge in [-0.3, -0.25) is 5.32 Å². The summed E-state index contributed by atoms with van der Waals surface area (Å²) in [6, 6.07) is 6.02. The Bertz CT molecular complexity index is 431. The van der Waals surface area contributed by atoms with Crippen LogP contribution in [-0.4, -0.2) is 25.5 Å². The molecule has 0 spiro atoms. The van der Waals surface area contributed by atoms with Gasteiger partial charge < -0.3 is 14.2 Å². The molecule has 1 fully saturated rings. The van der Waals surface area contributed by atoms with Gasteiger partial charge in [-0.25, -0.2) is 0 Å². The molecular formula is C13H17NO3. The van der Waals surface area contributed by atoms with Crippen molar-refractivity contribution in [2.24, 2.45) is 0 Å². The van der Waals surface area contributed by atoms with E-state index in [9.17, 15) is 0 Å². The van der Waals surface area contributed by atoms with E-state index in [1.165, 1.54) is 0 Å². The second kappa shape index (κ2) is 3.89. The van der Waals surface area contributed by atoms with Crippen LogP contribution in [0, 0.1) is 0 Å². The zero-order chi connectivity index (χ0) is 11.9. The zero-order valence-electron chi connectivity index (χ0n) is 10.2. The van der Waals surface area contributed by atoms with Crippen molar-refractivity contribution >= 4 is 0 Å². The van der Waals surface area contributed by atoms with Gasteiger partial charge in [-0.05, 0) is 31.5 Å². The van der Waals surface area contributed by atoms with Gasteiger partial charge in [0.1, 0.15) is 18.9 Å². The Morgan fingerprint density at radius 3 is 2.65 bits per heavy atom. The molecule has 4 nitrogen and oxygen atoms in total. The van der Waals surface area contributed by atoms with Gasteiger partial charge in [0, 0.05) is 6.54 Å². The summed E-state index contributed by atoms with van der Waals surface area (Å²) in [5, 5.41) is 3.33. The average Bonchev–Trinajstić information content (AvgIpc) is 2.69. The summed E-state index contributed by atoms with van der Waals surface area (Å²) >= 11 is 0. The SMILES string of the molecule is CC1(C)NCC(c2ccc3c(c2)OCCO3)O1. The van der Waals surface area contributed by atoms with Gasteiger partial charge in [-0.1, -0.05) is 6.07 Å². The topological polar surface area (TPSA) is 39.7 Å². The van der Waals surface area contributed by atoms with E-state index < -0.39 is 0 Å². The molecule has 1 saturated heterocycles. The molecular weight excluding hydrogens is 218 g/mol. The molecule has 0 amide bonds. The fraction of sp³-hybridized carbons (Fsp3) is 0.538. The maximum atomic E-state index is 5.92. The van der Waals surface area contributed by atoms with Crippen molar-refractivity contribution in [3.8, 4) is 11.5 Å². The van der Waals surface area contributed by atoms with Crippen LogP contribution in [0.15, 0.2) is 18.2 Å². The summed E-state index contributed by atoms with van der Waals surface area (Å²) in [6.07, 6.45) is 0.0841. The summed E-state index contributed by atoms with van der Waals surface area (Å²) in [5.74, 6) is 1.65. The molecule has 1 unspecified atom stereocenters. The first-order valence-electron chi connectivity index (χ1n) is 5.96. The summed E-state index contributed by atoms with van der Waals surface area (Å²) in [7, 11) is 0. The lowest BCUT2D eigenvalue weighted by atomic mass is 10.1. The Hall–Kier alpha value is -1.26. The molecule has 1 atom stereocenters. The Kier molecular flexibility index (Phi) is 2.49. The van der Waals surface area contributed by atoms with E-state index in [1.807, 2.05) is 32.0 Å². The smallest absolute Gasteiger partial charge is 0.161 e. The Balaban J connectivity index is 1.84. The third-order valence-corrected chi connectivity index (χ3v) is 3.09. The van der Waals surface area contributed by atoms with Gasteiger partial charge in [0.25, 0.3) is 0 Å².